The molecule has 0 aromatic rings. The number of hydrogen-bond acceptors (Lipinski definition) is 8. The molecule has 6 fully saturated rings. The van der Waals surface area contributed by atoms with Gasteiger partial charge in [-0.15, -0.1) is 0 Å². The van der Waals surface area contributed by atoms with E-state index >= 15 is 0 Å². The Morgan fingerprint density at radius 3 is 2.49 bits per heavy atom. The molecule has 3 saturated heterocycles. The number of ether oxygens (including phenoxy) is 5. The summed E-state index contributed by atoms with van der Waals surface area (Å²) in [4.78, 5) is 36.2. The summed E-state index contributed by atoms with van der Waals surface area (Å²) in [7, 11) is 0. The van der Waals surface area contributed by atoms with E-state index in [1.54, 1.807) is 0 Å². The average Bonchev–Trinajstić information content (AvgIpc) is 3.26. The van der Waals surface area contributed by atoms with Gasteiger partial charge < -0.3 is 23.7 Å². The summed E-state index contributed by atoms with van der Waals surface area (Å²) in [5, 5.41) is 0. The fraction of sp³-hybridized carbons (Fsp3) is 0.897. The molecule has 8 heteroatoms. The van der Waals surface area contributed by atoms with Gasteiger partial charge in [0.25, 0.3) is 0 Å². The first-order valence-corrected chi connectivity index (χ1v) is 14.2. The van der Waals surface area contributed by atoms with Crippen molar-refractivity contribution >= 4 is 17.9 Å². The van der Waals surface area contributed by atoms with Gasteiger partial charge >= 0.3 is 17.9 Å². The van der Waals surface area contributed by atoms with Crippen LogP contribution in [0.5, 0.6) is 0 Å². The Labute approximate surface area is 219 Å². The highest BCUT2D eigenvalue weighted by molar-refractivity contribution is 5.74. The summed E-state index contributed by atoms with van der Waals surface area (Å²) in [6.07, 6.45) is 6.51. The summed E-state index contributed by atoms with van der Waals surface area (Å²) < 4.78 is 29.9. The van der Waals surface area contributed by atoms with E-state index < -0.39 is 24.3 Å². The Kier molecular flexibility index (Phi) is 5.82. The summed E-state index contributed by atoms with van der Waals surface area (Å²) >= 11 is 0. The van der Waals surface area contributed by atoms with E-state index in [1.807, 2.05) is 0 Å². The van der Waals surface area contributed by atoms with E-state index in [4.69, 9.17) is 23.7 Å². The van der Waals surface area contributed by atoms with Gasteiger partial charge in [-0.2, -0.15) is 0 Å². The molecule has 6 rings (SSSR count). The quantitative estimate of drug-likeness (QED) is 0.397. The van der Waals surface area contributed by atoms with Crippen molar-refractivity contribution in [3.05, 3.63) is 0 Å². The van der Waals surface area contributed by atoms with Crippen LogP contribution in [-0.4, -0.2) is 48.8 Å². The molecule has 6 aliphatic rings. The third kappa shape index (κ3) is 3.64. The van der Waals surface area contributed by atoms with E-state index in [0.29, 0.717) is 24.9 Å². The van der Waals surface area contributed by atoms with Crippen LogP contribution >= 0.6 is 0 Å². The number of carbonyl (C=O) groups is 3. The minimum absolute atomic E-state index is 0.0143. The zero-order valence-electron chi connectivity index (χ0n) is 22.9. The topological polar surface area (TPSA) is 97.4 Å². The smallest absolute Gasteiger partial charge is 0.311 e. The van der Waals surface area contributed by atoms with Crippen LogP contribution in [0, 0.1) is 39.9 Å². The van der Waals surface area contributed by atoms with Gasteiger partial charge in [-0.05, 0) is 73.5 Å². The van der Waals surface area contributed by atoms with Crippen LogP contribution in [-0.2, 0) is 38.1 Å². The van der Waals surface area contributed by atoms with E-state index in [2.05, 4.69) is 20.8 Å². The third-order valence-electron chi connectivity index (χ3n) is 11.7. The first-order chi connectivity index (χ1) is 17.4. The van der Waals surface area contributed by atoms with Crippen molar-refractivity contribution < 1.29 is 38.1 Å². The maximum absolute atomic E-state index is 12.3. The zero-order chi connectivity index (χ0) is 26.4. The Balaban J connectivity index is 1.34. The monoisotopic (exact) mass is 518 g/mol. The Bertz CT molecular complexity index is 996. The molecule has 11 atom stereocenters. The summed E-state index contributed by atoms with van der Waals surface area (Å²) in [5.41, 5.74) is -0.897. The molecular formula is C29H42O8. The summed E-state index contributed by atoms with van der Waals surface area (Å²) in [6.45, 7) is 10.7. The van der Waals surface area contributed by atoms with Crippen LogP contribution in [0.15, 0.2) is 0 Å². The second-order valence-electron chi connectivity index (χ2n) is 13.7. The number of esters is 3. The molecular weight excluding hydrogens is 476 g/mol. The van der Waals surface area contributed by atoms with Crippen molar-refractivity contribution in [1.82, 2.24) is 0 Å². The first-order valence-electron chi connectivity index (χ1n) is 14.2. The van der Waals surface area contributed by atoms with Crippen molar-refractivity contribution in [3.8, 4) is 0 Å². The second-order valence-corrected chi connectivity index (χ2v) is 13.7. The fourth-order valence-electron chi connectivity index (χ4n) is 10.3. The number of hydrogen-bond donors (Lipinski definition) is 0. The molecule has 3 aliphatic heterocycles. The van der Waals surface area contributed by atoms with Gasteiger partial charge in [-0.1, -0.05) is 27.2 Å². The highest BCUT2D eigenvalue weighted by atomic mass is 16.8. The van der Waals surface area contributed by atoms with Gasteiger partial charge in [0, 0.05) is 25.2 Å². The van der Waals surface area contributed by atoms with Crippen LogP contribution in [0.25, 0.3) is 0 Å². The van der Waals surface area contributed by atoms with Gasteiger partial charge in [0.2, 0.25) is 6.29 Å². The zero-order valence-corrected chi connectivity index (χ0v) is 22.9. The fourth-order valence-corrected chi connectivity index (χ4v) is 10.3. The predicted octanol–water partition coefficient (Wildman–Crippen LogP) is 4.52. The molecule has 37 heavy (non-hydrogen) atoms. The molecule has 0 amide bonds. The minimum atomic E-state index is -1.05. The van der Waals surface area contributed by atoms with Gasteiger partial charge in [0.15, 0.2) is 11.9 Å². The predicted molar refractivity (Wildman–Crippen MR) is 131 cm³/mol. The normalized spacial score (nSPS) is 52.0. The average molecular weight is 519 g/mol. The molecule has 1 spiro atoms. The van der Waals surface area contributed by atoms with Gasteiger partial charge in [0.1, 0.15) is 6.10 Å². The van der Waals surface area contributed by atoms with Crippen LogP contribution in [0.4, 0.5) is 0 Å². The summed E-state index contributed by atoms with van der Waals surface area (Å²) in [6, 6.07) is 0. The summed E-state index contributed by atoms with van der Waals surface area (Å²) in [5.74, 6) is 0.468. The standard InChI is InChI=1S/C29H42O8/c1-16(30)33-15-26(3)10-6-11-28(5)20(26)9-12-27(4)19-13-22(34-17(2)31)29-14-23(32)35-25(29)36-24(37-29)18(19)7-8-21(27)28/h18-22,24-25H,6-15H2,1-5H3/t18-,19+,20?,21?,22+,24-,25+,26+,27-,28-,29?/m0/s1. The molecule has 3 saturated carbocycles. The first kappa shape index (κ1) is 25.6. The van der Waals surface area contributed by atoms with Gasteiger partial charge in [-0.25, -0.2) is 0 Å². The Morgan fingerprint density at radius 2 is 1.76 bits per heavy atom. The number of fused-ring (bicyclic) bond motifs is 7. The van der Waals surface area contributed by atoms with Crippen LogP contribution in [0.1, 0.15) is 92.4 Å². The highest BCUT2D eigenvalue weighted by Crippen LogP contribution is 2.71. The Morgan fingerprint density at radius 1 is 0.973 bits per heavy atom. The van der Waals surface area contributed by atoms with E-state index in [-0.39, 0.29) is 52.4 Å². The molecule has 206 valence electrons. The van der Waals surface area contributed by atoms with Crippen molar-refractivity contribution in [1.29, 1.82) is 0 Å². The van der Waals surface area contributed by atoms with E-state index in [9.17, 15) is 14.4 Å². The lowest BCUT2D eigenvalue weighted by atomic mass is 9.38. The molecule has 8 nitrogen and oxygen atoms in total. The minimum Gasteiger partial charge on any atom is -0.465 e. The van der Waals surface area contributed by atoms with Gasteiger partial charge in [0.05, 0.1) is 13.0 Å². The van der Waals surface area contributed by atoms with Crippen molar-refractivity contribution in [3.63, 3.8) is 0 Å². The maximum atomic E-state index is 12.3. The van der Waals surface area contributed by atoms with Crippen molar-refractivity contribution in [2.24, 2.45) is 39.9 Å². The second kappa shape index (κ2) is 8.41. The van der Waals surface area contributed by atoms with E-state index in [1.165, 1.54) is 20.3 Å². The van der Waals surface area contributed by atoms with Crippen LogP contribution in [0.3, 0.4) is 0 Å². The van der Waals surface area contributed by atoms with Crippen LogP contribution in [0.2, 0.25) is 0 Å². The molecule has 0 radical (unpaired) electrons. The lowest BCUT2D eigenvalue weighted by Gasteiger charge is -2.67. The Hall–Kier alpha value is -1.67. The highest BCUT2D eigenvalue weighted by Gasteiger charge is 2.71. The molecule has 3 aliphatic carbocycles. The SMILES string of the molecule is CC(=O)OC[C@@]1(C)CCC[C@@]2(C)C1CC[C@]1(C)C2CC[C@@H]2[C@H]3O[C@H]4OC(=O)CC4(O3)[C@H](OC(C)=O)C[C@H]21. The van der Waals surface area contributed by atoms with Crippen molar-refractivity contribution in [2.75, 3.05) is 6.61 Å². The maximum Gasteiger partial charge on any atom is 0.311 e. The molecule has 3 unspecified atom stereocenters. The molecule has 0 aromatic carbocycles. The lowest BCUT2D eigenvalue weighted by molar-refractivity contribution is -0.226. The largest absolute Gasteiger partial charge is 0.465 e. The van der Waals surface area contributed by atoms with Crippen LogP contribution < -0.4 is 0 Å². The molecule has 0 N–H and O–H groups in total. The lowest BCUT2D eigenvalue weighted by Crippen LogP contribution is -2.61. The molecule has 3 heterocycles. The molecule has 2 bridgehead atoms. The number of rotatable bonds is 3. The van der Waals surface area contributed by atoms with E-state index in [0.717, 1.165) is 38.5 Å². The van der Waals surface area contributed by atoms with Gasteiger partial charge in [-0.3, -0.25) is 14.4 Å². The third-order valence-corrected chi connectivity index (χ3v) is 11.7. The van der Waals surface area contributed by atoms with Crippen molar-refractivity contribution in [2.45, 2.75) is 117 Å². The number of carbonyl (C=O) groups excluding carboxylic acids is 3. The molecule has 0 aromatic heterocycles.